The molecule has 1 aromatic carbocycles. The predicted molar refractivity (Wildman–Crippen MR) is 97.8 cm³/mol. The van der Waals surface area contributed by atoms with Crippen LogP contribution in [0.15, 0.2) is 18.2 Å². The molecule has 0 saturated carbocycles. The molecule has 2 amide bonds. The summed E-state index contributed by atoms with van der Waals surface area (Å²) in [6.45, 7) is 3.75. The van der Waals surface area contributed by atoms with Crippen LogP contribution < -0.4 is 15.4 Å². The van der Waals surface area contributed by atoms with Gasteiger partial charge in [0.1, 0.15) is 0 Å². The van der Waals surface area contributed by atoms with Crippen LogP contribution in [-0.2, 0) is 9.47 Å². The fourth-order valence-electron chi connectivity index (χ4n) is 2.28. The van der Waals surface area contributed by atoms with Crippen LogP contribution in [0.4, 0.5) is 10.5 Å². The Kier molecular flexibility index (Phi) is 7.03. The molecule has 0 aliphatic rings. The summed E-state index contributed by atoms with van der Waals surface area (Å²) in [5.74, 6) is 0.00669. The van der Waals surface area contributed by atoms with Crippen LogP contribution >= 0.6 is 11.3 Å². The third kappa shape index (κ3) is 4.83. The zero-order chi connectivity index (χ0) is 18.2. The van der Waals surface area contributed by atoms with E-state index in [9.17, 15) is 9.59 Å². The van der Waals surface area contributed by atoms with Crippen molar-refractivity contribution in [1.29, 1.82) is 0 Å². The maximum Gasteiger partial charge on any atom is 0.351 e. The van der Waals surface area contributed by atoms with Crippen LogP contribution in [0.3, 0.4) is 0 Å². The molecule has 1 aromatic heterocycles. The highest BCUT2D eigenvalue weighted by atomic mass is 32.1. The summed E-state index contributed by atoms with van der Waals surface area (Å²) in [6, 6.07) is 5.09. The molecule has 1 heterocycles. The largest absolute Gasteiger partial charge is 0.494 e. The van der Waals surface area contributed by atoms with Gasteiger partial charge in [0, 0.05) is 35.5 Å². The Morgan fingerprint density at radius 2 is 2.04 bits per heavy atom. The van der Waals surface area contributed by atoms with E-state index < -0.39 is 5.97 Å². The van der Waals surface area contributed by atoms with Gasteiger partial charge in [-0.15, -0.1) is 11.3 Å². The first-order valence-corrected chi connectivity index (χ1v) is 8.73. The molecule has 0 fully saturated rings. The number of ether oxygens (including phenoxy) is 3. The summed E-state index contributed by atoms with van der Waals surface area (Å²) in [5, 5.41) is 6.29. The molecule has 25 heavy (non-hydrogen) atoms. The van der Waals surface area contributed by atoms with Crippen molar-refractivity contribution in [2.45, 2.75) is 13.3 Å². The second kappa shape index (κ2) is 9.24. The molecule has 0 spiro atoms. The molecular weight excluding hydrogens is 344 g/mol. The van der Waals surface area contributed by atoms with Gasteiger partial charge in [0.25, 0.3) is 0 Å². The second-order valence-electron chi connectivity index (χ2n) is 5.10. The molecule has 0 atom stereocenters. The van der Waals surface area contributed by atoms with Crippen molar-refractivity contribution in [3.05, 3.63) is 23.1 Å². The quantitative estimate of drug-likeness (QED) is 0.553. The third-order valence-corrected chi connectivity index (χ3v) is 4.56. The standard InChI is InChI=1S/C17H22N2O5S/c1-4-24-9-5-8-18-17(21)19-11-6-7-13-12(10-11)14(22-2)15(25-13)16(20)23-3/h6-7,10H,4-5,8-9H2,1-3H3,(H2,18,19,21). The average molecular weight is 366 g/mol. The number of urea groups is 1. The van der Waals surface area contributed by atoms with Crippen LogP contribution in [0.25, 0.3) is 10.1 Å². The lowest BCUT2D eigenvalue weighted by Gasteiger charge is -2.08. The monoisotopic (exact) mass is 366 g/mol. The molecule has 0 unspecified atom stereocenters. The normalized spacial score (nSPS) is 10.5. The molecule has 8 heteroatoms. The molecular formula is C17H22N2O5S. The average Bonchev–Trinajstić information content (AvgIpc) is 2.98. The SMILES string of the molecule is CCOCCCNC(=O)Nc1ccc2sc(C(=O)OC)c(OC)c2c1. The van der Waals surface area contributed by atoms with Gasteiger partial charge in [-0.1, -0.05) is 0 Å². The molecule has 2 aromatic rings. The molecule has 2 rings (SSSR count). The van der Waals surface area contributed by atoms with E-state index in [2.05, 4.69) is 10.6 Å². The minimum Gasteiger partial charge on any atom is -0.494 e. The van der Waals surface area contributed by atoms with Crippen molar-refractivity contribution >= 4 is 39.1 Å². The lowest BCUT2D eigenvalue weighted by Crippen LogP contribution is -2.30. The number of carbonyl (C=O) groups is 2. The topological polar surface area (TPSA) is 85.9 Å². The Bertz CT molecular complexity index is 744. The first-order chi connectivity index (χ1) is 12.1. The van der Waals surface area contributed by atoms with E-state index in [1.165, 1.54) is 25.6 Å². The molecule has 0 radical (unpaired) electrons. The molecule has 0 bridgehead atoms. The van der Waals surface area contributed by atoms with Crippen molar-refractivity contribution in [2.24, 2.45) is 0 Å². The summed E-state index contributed by atoms with van der Waals surface area (Å²) in [7, 11) is 2.83. The first-order valence-electron chi connectivity index (χ1n) is 7.92. The van der Waals surface area contributed by atoms with Gasteiger partial charge in [-0.05, 0) is 31.5 Å². The smallest absolute Gasteiger partial charge is 0.351 e. The van der Waals surface area contributed by atoms with E-state index in [1.807, 2.05) is 13.0 Å². The Hall–Kier alpha value is -2.32. The van der Waals surface area contributed by atoms with Crippen LogP contribution in [0, 0.1) is 0 Å². The first kappa shape index (κ1) is 19.0. The van der Waals surface area contributed by atoms with Crippen molar-refractivity contribution in [1.82, 2.24) is 5.32 Å². The summed E-state index contributed by atoms with van der Waals surface area (Å²) in [4.78, 5) is 24.2. The van der Waals surface area contributed by atoms with E-state index in [0.717, 1.165) is 16.5 Å². The minimum atomic E-state index is -0.445. The van der Waals surface area contributed by atoms with Gasteiger partial charge in [-0.2, -0.15) is 0 Å². The molecule has 136 valence electrons. The Labute approximate surface area is 150 Å². The molecule has 0 aliphatic carbocycles. The third-order valence-electron chi connectivity index (χ3n) is 3.43. The maximum atomic E-state index is 11.9. The Morgan fingerprint density at radius 1 is 1.24 bits per heavy atom. The number of nitrogens with one attached hydrogen (secondary N) is 2. The summed E-state index contributed by atoms with van der Waals surface area (Å²) in [6.07, 6.45) is 0.751. The second-order valence-corrected chi connectivity index (χ2v) is 6.15. The number of amides is 2. The van der Waals surface area contributed by atoms with Crippen LogP contribution in [0.5, 0.6) is 5.75 Å². The zero-order valence-corrected chi connectivity index (χ0v) is 15.3. The number of esters is 1. The van der Waals surface area contributed by atoms with Gasteiger partial charge < -0.3 is 24.8 Å². The predicted octanol–water partition coefficient (Wildman–Crippen LogP) is 3.24. The maximum absolute atomic E-state index is 11.9. The van der Waals surface area contributed by atoms with E-state index in [1.54, 1.807) is 12.1 Å². The van der Waals surface area contributed by atoms with Crippen molar-refractivity contribution in [2.75, 3.05) is 39.3 Å². The van der Waals surface area contributed by atoms with Gasteiger partial charge in [0.05, 0.1) is 14.2 Å². The van der Waals surface area contributed by atoms with E-state index >= 15 is 0 Å². The van der Waals surface area contributed by atoms with Gasteiger partial charge in [-0.25, -0.2) is 9.59 Å². The highest BCUT2D eigenvalue weighted by Gasteiger charge is 2.20. The number of anilines is 1. The van der Waals surface area contributed by atoms with Crippen LogP contribution in [-0.4, -0.2) is 46.0 Å². The van der Waals surface area contributed by atoms with Gasteiger partial charge in [0.2, 0.25) is 0 Å². The van der Waals surface area contributed by atoms with Gasteiger partial charge >= 0.3 is 12.0 Å². The fraction of sp³-hybridized carbons (Fsp3) is 0.412. The Morgan fingerprint density at radius 3 is 2.72 bits per heavy atom. The fourth-order valence-corrected chi connectivity index (χ4v) is 3.35. The minimum absolute atomic E-state index is 0.293. The molecule has 7 nitrogen and oxygen atoms in total. The van der Waals surface area contributed by atoms with E-state index in [-0.39, 0.29) is 6.03 Å². The number of carbonyl (C=O) groups excluding carboxylic acids is 2. The molecule has 0 saturated heterocycles. The van der Waals surface area contributed by atoms with Crippen molar-refractivity contribution < 1.29 is 23.8 Å². The number of methoxy groups -OCH3 is 2. The number of benzene rings is 1. The van der Waals surface area contributed by atoms with Gasteiger partial charge in [-0.3, -0.25) is 0 Å². The number of fused-ring (bicyclic) bond motifs is 1. The summed E-state index contributed by atoms with van der Waals surface area (Å²) < 4.78 is 16.2. The van der Waals surface area contributed by atoms with Crippen LogP contribution in [0.2, 0.25) is 0 Å². The van der Waals surface area contributed by atoms with E-state index in [0.29, 0.717) is 36.1 Å². The summed E-state index contributed by atoms with van der Waals surface area (Å²) in [5.41, 5.74) is 0.613. The lowest BCUT2D eigenvalue weighted by atomic mass is 10.2. The number of rotatable bonds is 8. The van der Waals surface area contributed by atoms with E-state index in [4.69, 9.17) is 14.2 Å². The lowest BCUT2D eigenvalue weighted by molar-refractivity contribution is 0.0603. The highest BCUT2D eigenvalue weighted by molar-refractivity contribution is 7.21. The molecule has 0 aliphatic heterocycles. The molecule has 2 N–H and O–H groups in total. The zero-order valence-electron chi connectivity index (χ0n) is 14.5. The summed E-state index contributed by atoms with van der Waals surface area (Å²) >= 11 is 1.29. The Balaban J connectivity index is 2.07. The number of hydrogen-bond acceptors (Lipinski definition) is 6. The number of hydrogen-bond donors (Lipinski definition) is 2. The highest BCUT2D eigenvalue weighted by Crippen LogP contribution is 2.39. The van der Waals surface area contributed by atoms with Crippen molar-refractivity contribution in [3.8, 4) is 5.75 Å². The van der Waals surface area contributed by atoms with Crippen LogP contribution in [0.1, 0.15) is 23.0 Å². The number of thiophene rings is 1. The van der Waals surface area contributed by atoms with Crippen molar-refractivity contribution in [3.63, 3.8) is 0 Å². The van der Waals surface area contributed by atoms with Gasteiger partial charge in [0.15, 0.2) is 10.6 Å².